The second kappa shape index (κ2) is 5.25. The first-order valence-electron chi connectivity index (χ1n) is 4.68. The highest BCUT2D eigenvalue weighted by molar-refractivity contribution is 7.86. The smallest absolute Gasteiger partial charge is 0.327 e. The van der Waals surface area contributed by atoms with Gasteiger partial charge in [-0.2, -0.15) is 23.4 Å². The number of aromatic nitrogens is 3. The van der Waals surface area contributed by atoms with E-state index in [4.69, 9.17) is 32.5 Å². The molecule has 7 nitrogen and oxygen atoms in total. The Bertz CT molecular complexity index is 703. The molecule has 1 aromatic heterocycles. The van der Waals surface area contributed by atoms with Crippen LogP contribution in [0.1, 0.15) is 0 Å². The summed E-state index contributed by atoms with van der Waals surface area (Å²) in [4.78, 5) is 10.3. The van der Waals surface area contributed by atoms with Crippen LogP contribution in [-0.4, -0.2) is 27.9 Å². The van der Waals surface area contributed by atoms with Crippen LogP contribution < -0.4 is 4.74 Å². The van der Waals surface area contributed by atoms with Gasteiger partial charge in [0.1, 0.15) is 4.90 Å². The van der Waals surface area contributed by atoms with Crippen LogP contribution in [0.15, 0.2) is 29.2 Å². The monoisotopic (exact) mass is 321 g/mol. The Morgan fingerprint density at radius 3 is 2.21 bits per heavy atom. The van der Waals surface area contributed by atoms with Crippen molar-refractivity contribution in [1.82, 2.24) is 15.0 Å². The van der Waals surface area contributed by atoms with Crippen molar-refractivity contribution in [3.05, 3.63) is 34.8 Å². The van der Waals surface area contributed by atoms with Crippen molar-refractivity contribution < 1.29 is 17.7 Å². The van der Waals surface area contributed by atoms with Gasteiger partial charge in [-0.25, -0.2) is 0 Å². The lowest BCUT2D eigenvalue weighted by atomic mass is 10.3. The third-order valence-electron chi connectivity index (χ3n) is 1.89. The number of halogens is 2. The molecule has 0 spiro atoms. The van der Waals surface area contributed by atoms with Crippen molar-refractivity contribution in [2.45, 2.75) is 4.90 Å². The predicted molar refractivity (Wildman–Crippen MR) is 66.2 cm³/mol. The highest BCUT2D eigenvalue weighted by Gasteiger charge is 2.17. The molecule has 0 saturated heterocycles. The van der Waals surface area contributed by atoms with Crippen molar-refractivity contribution in [2.75, 3.05) is 0 Å². The highest BCUT2D eigenvalue weighted by Crippen LogP contribution is 2.27. The molecule has 10 heteroatoms. The molecule has 0 aliphatic rings. The van der Waals surface area contributed by atoms with E-state index in [2.05, 4.69) is 15.0 Å². The van der Waals surface area contributed by atoms with Gasteiger partial charge in [0, 0.05) is 0 Å². The van der Waals surface area contributed by atoms with Gasteiger partial charge in [-0.1, -0.05) is 12.1 Å². The summed E-state index contributed by atoms with van der Waals surface area (Å²) in [7, 11) is -4.44. The quantitative estimate of drug-likeness (QED) is 0.864. The maximum atomic E-state index is 11.1. The van der Waals surface area contributed by atoms with Crippen molar-refractivity contribution in [3.63, 3.8) is 0 Å². The second-order valence-corrected chi connectivity index (χ2v) is 5.25. The second-order valence-electron chi connectivity index (χ2n) is 3.18. The molecule has 0 saturated carbocycles. The van der Waals surface area contributed by atoms with Crippen molar-refractivity contribution in [1.29, 1.82) is 0 Å². The molecule has 2 aromatic rings. The average Bonchev–Trinajstić information content (AvgIpc) is 2.26. The number of ether oxygens (including phenoxy) is 1. The van der Waals surface area contributed by atoms with Crippen LogP contribution in [0.25, 0.3) is 0 Å². The fourth-order valence-corrected chi connectivity index (χ4v) is 2.16. The third-order valence-corrected chi connectivity index (χ3v) is 3.12. The predicted octanol–water partition coefficient (Wildman–Crippen LogP) is 2.22. The largest absolute Gasteiger partial charge is 0.423 e. The normalized spacial score (nSPS) is 11.3. The fourth-order valence-electron chi connectivity index (χ4n) is 1.20. The zero-order chi connectivity index (χ0) is 14.0. The van der Waals surface area contributed by atoms with Gasteiger partial charge >= 0.3 is 6.01 Å². The average molecular weight is 322 g/mol. The van der Waals surface area contributed by atoms with Crippen molar-refractivity contribution >= 4 is 33.3 Å². The maximum absolute atomic E-state index is 11.1. The van der Waals surface area contributed by atoms with E-state index in [1.54, 1.807) is 0 Å². The highest BCUT2D eigenvalue weighted by atomic mass is 35.5. The Hall–Kier alpha value is -1.48. The molecule has 19 heavy (non-hydrogen) atoms. The van der Waals surface area contributed by atoms with E-state index >= 15 is 0 Å². The standard InChI is InChI=1S/C9H5Cl2N3O4S/c10-7-12-8(11)14-9(13-7)18-5-3-1-2-4-6(5)19(15,16)17/h1-4H,(H,15,16,17). The molecule has 2 rings (SSSR count). The minimum absolute atomic E-state index is 0.164. The number of rotatable bonds is 3. The number of benzene rings is 1. The Morgan fingerprint density at radius 1 is 1.05 bits per heavy atom. The van der Waals surface area contributed by atoms with Crippen LogP contribution in [-0.2, 0) is 10.1 Å². The first-order chi connectivity index (χ1) is 8.86. The minimum atomic E-state index is -4.44. The van der Waals surface area contributed by atoms with Gasteiger partial charge in [-0.15, -0.1) is 0 Å². The maximum Gasteiger partial charge on any atom is 0.327 e. The lowest BCUT2D eigenvalue weighted by molar-refractivity contribution is 0.420. The van der Waals surface area contributed by atoms with Crippen molar-refractivity contribution in [2.24, 2.45) is 0 Å². The van der Waals surface area contributed by atoms with E-state index in [1.807, 2.05) is 0 Å². The SMILES string of the molecule is O=S(=O)(O)c1ccccc1Oc1nc(Cl)nc(Cl)n1. The Morgan fingerprint density at radius 2 is 1.63 bits per heavy atom. The summed E-state index contributed by atoms with van der Waals surface area (Å²) >= 11 is 11.1. The summed E-state index contributed by atoms with van der Waals surface area (Å²) in [5.74, 6) is -0.164. The van der Waals surface area contributed by atoms with Crippen LogP contribution in [0.5, 0.6) is 11.8 Å². The van der Waals surface area contributed by atoms with E-state index in [0.29, 0.717) is 0 Å². The summed E-state index contributed by atoms with van der Waals surface area (Å²) < 4.78 is 36.5. The van der Waals surface area contributed by atoms with E-state index in [9.17, 15) is 8.42 Å². The van der Waals surface area contributed by atoms with Crippen LogP contribution in [0.3, 0.4) is 0 Å². The minimum Gasteiger partial charge on any atom is -0.423 e. The number of nitrogens with zero attached hydrogens (tertiary/aromatic N) is 3. The van der Waals surface area contributed by atoms with Gasteiger partial charge in [-0.3, -0.25) is 4.55 Å². The molecule has 1 aromatic carbocycles. The van der Waals surface area contributed by atoms with Gasteiger partial charge in [0.25, 0.3) is 10.1 Å². The first kappa shape index (κ1) is 13.9. The molecule has 0 fully saturated rings. The summed E-state index contributed by atoms with van der Waals surface area (Å²) in [5.41, 5.74) is 0. The van der Waals surface area contributed by atoms with Gasteiger partial charge in [-0.05, 0) is 35.3 Å². The molecule has 0 bridgehead atoms. The molecule has 0 aliphatic carbocycles. The summed E-state index contributed by atoms with van der Waals surface area (Å²) in [6.07, 6.45) is 0. The topological polar surface area (TPSA) is 102 Å². The lowest BCUT2D eigenvalue weighted by Crippen LogP contribution is -2.02. The van der Waals surface area contributed by atoms with Gasteiger partial charge in [0.05, 0.1) is 0 Å². The van der Waals surface area contributed by atoms with Crippen LogP contribution in [0.4, 0.5) is 0 Å². The summed E-state index contributed by atoms with van der Waals surface area (Å²) in [6.45, 7) is 0. The van der Waals surface area contributed by atoms with E-state index in [0.717, 1.165) is 6.07 Å². The summed E-state index contributed by atoms with van der Waals surface area (Å²) in [5, 5.41) is -0.418. The van der Waals surface area contributed by atoms with E-state index < -0.39 is 15.0 Å². The zero-order valence-corrected chi connectivity index (χ0v) is 11.3. The molecular weight excluding hydrogens is 317 g/mol. The third kappa shape index (κ3) is 3.51. The molecule has 100 valence electrons. The van der Waals surface area contributed by atoms with Gasteiger partial charge in [0.2, 0.25) is 10.6 Å². The first-order valence-corrected chi connectivity index (χ1v) is 6.87. The Labute approximate surface area is 117 Å². The molecular formula is C9H5Cl2N3O4S. The van der Waals surface area contributed by atoms with Crippen LogP contribution >= 0.6 is 23.2 Å². The number of hydrogen-bond donors (Lipinski definition) is 1. The van der Waals surface area contributed by atoms with Crippen molar-refractivity contribution in [3.8, 4) is 11.8 Å². The fraction of sp³-hybridized carbons (Fsp3) is 0. The molecule has 1 N–H and O–H groups in total. The molecule has 0 unspecified atom stereocenters. The molecule has 0 amide bonds. The van der Waals surface area contributed by atoms with Crippen LogP contribution in [0.2, 0.25) is 10.6 Å². The van der Waals surface area contributed by atoms with Crippen LogP contribution in [0, 0.1) is 0 Å². The molecule has 0 aliphatic heterocycles. The van der Waals surface area contributed by atoms with Gasteiger partial charge in [0.15, 0.2) is 5.75 Å². The molecule has 0 radical (unpaired) electrons. The molecule has 1 heterocycles. The molecule has 0 atom stereocenters. The zero-order valence-electron chi connectivity index (χ0n) is 8.99. The van der Waals surface area contributed by atoms with E-state index in [-0.39, 0.29) is 22.3 Å². The lowest BCUT2D eigenvalue weighted by Gasteiger charge is -2.07. The Kier molecular flexibility index (Phi) is 3.85. The number of para-hydroxylation sites is 1. The van der Waals surface area contributed by atoms with E-state index in [1.165, 1.54) is 18.2 Å². The Balaban J connectivity index is 2.44. The van der Waals surface area contributed by atoms with Gasteiger partial charge < -0.3 is 4.74 Å². The number of hydrogen-bond acceptors (Lipinski definition) is 6. The summed E-state index contributed by atoms with van der Waals surface area (Å²) in [6, 6.07) is 5.11.